The van der Waals surface area contributed by atoms with Gasteiger partial charge in [-0.3, -0.25) is 14.4 Å². The minimum absolute atomic E-state index is 0.126. The van der Waals surface area contributed by atoms with Crippen molar-refractivity contribution in [2.75, 3.05) is 25.4 Å². The van der Waals surface area contributed by atoms with Crippen LogP contribution >= 0.6 is 23.4 Å². The van der Waals surface area contributed by atoms with Crippen LogP contribution in [0.25, 0.3) is 0 Å². The number of rotatable bonds is 6. The molecule has 1 aromatic carbocycles. The van der Waals surface area contributed by atoms with E-state index in [-0.39, 0.29) is 24.4 Å². The molecule has 1 fully saturated rings. The van der Waals surface area contributed by atoms with Gasteiger partial charge in [0.25, 0.3) is 11.1 Å². The van der Waals surface area contributed by atoms with Crippen molar-refractivity contribution in [2.24, 2.45) is 0 Å². The first-order chi connectivity index (χ1) is 11.0. The van der Waals surface area contributed by atoms with E-state index in [2.05, 4.69) is 5.32 Å². The zero-order valence-corrected chi connectivity index (χ0v) is 14.2. The fourth-order valence-corrected chi connectivity index (χ4v) is 3.23. The molecule has 124 valence electrons. The van der Waals surface area contributed by atoms with Crippen molar-refractivity contribution in [2.45, 2.75) is 13.0 Å². The Kier molecular flexibility index (Phi) is 6.29. The van der Waals surface area contributed by atoms with Gasteiger partial charge in [0.1, 0.15) is 6.54 Å². The third-order valence-electron chi connectivity index (χ3n) is 3.28. The zero-order valence-electron chi connectivity index (χ0n) is 12.6. The standard InChI is InChI=1S/C15H17ClN2O4S/c1-10(11-4-2-3-5-12(11)16)17-13(19)9-22-14(20)8-18-6-7-23-15(18)21/h2-5,10H,6-9H2,1H3,(H,17,19)/t10-/m1/s1. The summed E-state index contributed by atoms with van der Waals surface area (Å²) in [4.78, 5) is 36.2. The van der Waals surface area contributed by atoms with E-state index in [1.54, 1.807) is 19.1 Å². The highest BCUT2D eigenvalue weighted by molar-refractivity contribution is 8.13. The third-order valence-corrected chi connectivity index (χ3v) is 4.51. The maximum absolute atomic E-state index is 11.8. The molecule has 0 saturated carbocycles. The van der Waals surface area contributed by atoms with E-state index in [1.165, 1.54) is 16.7 Å². The normalized spacial score (nSPS) is 15.4. The number of thioether (sulfide) groups is 1. The number of carbonyl (C=O) groups is 3. The topological polar surface area (TPSA) is 75.7 Å². The summed E-state index contributed by atoms with van der Waals surface area (Å²) < 4.78 is 4.89. The lowest BCUT2D eigenvalue weighted by Gasteiger charge is -2.16. The van der Waals surface area contributed by atoms with Crippen LogP contribution in [-0.4, -0.2) is 47.5 Å². The molecule has 1 atom stereocenters. The lowest BCUT2D eigenvalue weighted by atomic mass is 10.1. The highest BCUT2D eigenvalue weighted by Crippen LogP contribution is 2.22. The first kappa shape index (κ1) is 17.6. The first-order valence-corrected chi connectivity index (χ1v) is 8.45. The van der Waals surface area contributed by atoms with E-state index < -0.39 is 11.9 Å². The van der Waals surface area contributed by atoms with E-state index in [9.17, 15) is 14.4 Å². The van der Waals surface area contributed by atoms with Crippen molar-refractivity contribution in [1.82, 2.24) is 10.2 Å². The predicted molar refractivity (Wildman–Crippen MR) is 88.4 cm³/mol. The first-order valence-electron chi connectivity index (χ1n) is 7.08. The number of hydrogen-bond acceptors (Lipinski definition) is 5. The summed E-state index contributed by atoms with van der Waals surface area (Å²) in [5, 5.41) is 3.13. The van der Waals surface area contributed by atoms with Gasteiger partial charge in [0.15, 0.2) is 6.61 Å². The molecular formula is C15H17ClN2O4S. The maximum atomic E-state index is 11.8. The number of ether oxygens (including phenoxy) is 1. The molecule has 0 spiro atoms. The largest absolute Gasteiger partial charge is 0.454 e. The molecule has 0 unspecified atom stereocenters. The summed E-state index contributed by atoms with van der Waals surface area (Å²) in [6.07, 6.45) is 0. The van der Waals surface area contributed by atoms with Crippen LogP contribution < -0.4 is 5.32 Å². The number of nitrogens with zero attached hydrogens (tertiary/aromatic N) is 1. The predicted octanol–water partition coefficient (Wildman–Crippen LogP) is 2.23. The summed E-state index contributed by atoms with van der Waals surface area (Å²) >= 11 is 7.23. The van der Waals surface area contributed by atoms with Crippen molar-refractivity contribution in [3.63, 3.8) is 0 Å². The van der Waals surface area contributed by atoms with Gasteiger partial charge >= 0.3 is 5.97 Å². The highest BCUT2D eigenvalue weighted by Gasteiger charge is 2.24. The maximum Gasteiger partial charge on any atom is 0.326 e. The number of benzene rings is 1. The minimum Gasteiger partial charge on any atom is -0.454 e. The number of esters is 1. The van der Waals surface area contributed by atoms with Gasteiger partial charge in [-0.15, -0.1) is 0 Å². The second-order valence-corrected chi connectivity index (χ2v) is 6.46. The monoisotopic (exact) mass is 356 g/mol. The van der Waals surface area contributed by atoms with Gasteiger partial charge in [0.05, 0.1) is 6.04 Å². The Balaban J connectivity index is 1.75. The lowest BCUT2D eigenvalue weighted by molar-refractivity contribution is -0.149. The Morgan fingerprint density at radius 2 is 2.17 bits per heavy atom. The van der Waals surface area contributed by atoms with Gasteiger partial charge in [0.2, 0.25) is 0 Å². The molecule has 2 rings (SSSR count). The van der Waals surface area contributed by atoms with Gasteiger partial charge < -0.3 is 15.0 Å². The summed E-state index contributed by atoms with van der Waals surface area (Å²) in [5.41, 5.74) is 0.786. The van der Waals surface area contributed by atoms with Crippen molar-refractivity contribution in [1.29, 1.82) is 0 Å². The van der Waals surface area contributed by atoms with Crippen molar-refractivity contribution >= 4 is 40.5 Å². The lowest BCUT2D eigenvalue weighted by Crippen LogP contribution is -2.35. The van der Waals surface area contributed by atoms with E-state index in [0.717, 1.165) is 5.56 Å². The fraction of sp³-hybridized carbons (Fsp3) is 0.400. The highest BCUT2D eigenvalue weighted by atomic mass is 35.5. The molecule has 23 heavy (non-hydrogen) atoms. The van der Waals surface area contributed by atoms with E-state index in [1.807, 2.05) is 12.1 Å². The molecule has 1 aliphatic heterocycles. The van der Waals surface area contributed by atoms with Crippen molar-refractivity contribution in [3.8, 4) is 0 Å². The number of amides is 2. The average Bonchev–Trinajstić information content (AvgIpc) is 2.90. The van der Waals surface area contributed by atoms with E-state index in [4.69, 9.17) is 16.3 Å². The molecule has 0 aromatic heterocycles. The van der Waals surface area contributed by atoms with Crippen LogP contribution in [0.3, 0.4) is 0 Å². The van der Waals surface area contributed by atoms with Crippen LogP contribution in [0.4, 0.5) is 4.79 Å². The summed E-state index contributed by atoms with van der Waals surface area (Å²) in [6, 6.07) is 6.89. The SMILES string of the molecule is C[C@@H](NC(=O)COC(=O)CN1CCSC1=O)c1ccccc1Cl. The second-order valence-electron chi connectivity index (χ2n) is 5.01. The van der Waals surface area contributed by atoms with E-state index in [0.29, 0.717) is 17.3 Å². The van der Waals surface area contributed by atoms with Crippen LogP contribution in [0.15, 0.2) is 24.3 Å². The van der Waals surface area contributed by atoms with Gasteiger partial charge in [-0.25, -0.2) is 0 Å². The van der Waals surface area contributed by atoms with Gasteiger partial charge in [0, 0.05) is 17.3 Å². The van der Waals surface area contributed by atoms with Crippen LogP contribution in [0.1, 0.15) is 18.5 Å². The quantitative estimate of drug-likeness (QED) is 0.791. The molecule has 0 radical (unpaired) electrons. The summed E-state index contributed by atoms with van der Waals surface area (Å²) in [7, 11) is 0. The summed E-state index contributed by atoms with van der Waals surface area (Å²) in [5.74, 6) is -0.351. The smallest absolute Gasteiger partial charge is 0.326 e. The number of carbonyl (C=O) groups excluding carboxylic acids is 3. The minimum atomic E-state index is -0.596. The molecule has 0 bridgehead atoms. The Hall–Kier alpha value is -1.73. The molecule has 1 heterocycles. The number of halogens is 1. The molecule has 1 aliphatic rings. The van der Waals surface area contributed by atoms with Crippen LogP contribution in [0.2, 0.25) is 5.02 Å². The number of hydrogen-bond donors (Lipinski definition) is 1. The van der Waals surface area contributed by atoms with Crippen LogP contribution in [-0.2, 0) is 14.3 Å². The van der Waals surface area contributed by atoms with Crippen LogP contribution in [0.5, 0.6) is 0 Å². The van der Waals surface area contributed by atoms with Crippen molar-refractivity contribution in [3.05, 3.63) is 34.9 Å². The molecule has 1 aromatic rings. The van der Waals surface area contributed by atoms with Gasteiger partial charge in [-0.2, -0.15) is 0 Å². The van der Waals surface area contributed by atoms with Gasteiger partial charge in [-0.1, -0.05) is 41.6 Å². The molecule has 6 nitrogen and oxygen atoms in total. The number of nitrogens with one attached hydrogen (secondary N) is 1. The molecular weight excluding hydrogens is 340 g/mol. The molecule has 2 amide bonds. The Morgan fingerprint density at radius 3 is 2.83 bits per heavy atom. The second kappa shape index (κ2) is 8.21. The molecule has 0 aliphatic carbocycles. The Morgan fingerprint density at radius 1 is 1.43 bits per heavy atom. The van der Waals surface area contributed by atoms with E-state index >= 15 is 0 Å². The molecule has 1 saturated heterocycles. The molecule has 1 N–H and O–H groups in total. The summed E-state index contributed by atoms with van der Waals surface area (Å²) in [6.45, 7) is 1.80. The van der Waals surface area contributed by atoms with Gasteiger partial charge in [-0.05, 0) is 18.6 Å². The third kappa shape index (κ3) is 5.14. The Labute approximate surface area is 143 Å². The Bertz CT molecular complexity index is 611. The average molecular weight is 357 g/mol. The molecule has 8 heteroatoms. The fourth-order valence-electron chi connectivity index (χ4n) is 2.10. The zero-order chi connectivity index (χ0) is 16.8. The van der Waals surface area contributed by atoms with Crippen LogP contribution in [0, 0.1) is 0 Å². The van der Waals surface area contributed by atoms with Crippen molar-refractivity contribution < 1.29 is 19.1 Å².